The molecule has 2 heterocycles. The van der Waals surface area contributed by atoms with E-state index >= 15 is 0 Å². The molecule has 0 amide bonds. The molecule has 0 bridgehead atoms. The topological polar surface area (TPSA) is 259 Å². The predicted octanol–water partition coefficient (Wildman–Crippen LogP) is 3.33. The van der Waals surface area contributed by atoms with Crippen molar-refractivity contribution in [3.63, 3.8) is 0 Å². The summed E-state index contributed by atoms with van der Waals surface area (Å²) in [5.41, 5.74) is 0.258. The van der Waals surface area contributed by atoms with Gasteiger partial charge >= 0.3 is 5.97 Å². The van der Waals surface area contributed by atoms with Crippen molar-refractivity contribution in [1.82, 2.24) is 14.3 Å². The number of anilines is 1. The monoisotopic (exact) mass is 725 g/mol. The first-order chi connectivity index (χ1) is 23.8. The van der Waals surface area contributed by atoms with Crippen molar-refractivity contribution in [3.8, 4) is 17.1 Å². The molecule has 20 heteroatoms. The number of rotatable bonds is 23. The van der Waals surface area contributed by atoms with Crippen LogP contribution >= 0.6 is 0 Å². The lowest BCUT2D eigenvalue weighted by Crippen LogP contribution is -2.49. The van der Waals surface area contributed by atoms with Gasteiger partial charge in [0, 0.05) is 26.6 Å². The van der Waals surface area contributed by atoms with Gasteiger partial charge in [0.25, 0.3) is 15.7 Å². The van der Waals surface area contributed by atoms with Crippen LogP contribution in [0, 0.1) is 31.6 Å². The minimum atomic E-state index is -3.90. The first-order valence-corrected chi connectivity index (χ1v) is 17.7. The standard InChI is InChI=1S/C30H43N7O12S/c1-4-9-24(31)27-28(32-3)30(39)34-29(33-27)23-16-22(13-14-25(23)46-5-2)50(44,45)35-17-20(18-35)10-8-15-47-26(38)12-7-6-11-21(49-37(42)43)19-48-36(40)41/h13-14,16,20-21,31-32H,4-12,15,17-19H2,1-3H3,(H,33,34,39). The van der Waals surface area contributed by atoms with Crippen LogP contribution in [0.4, 0.5) is 5.69 Å². The number of benzene rings is 1. The van der Waals surface area contributed by atoms with Crippen molar-refractivity contribution in [1.29, 1.82) is 5.41 Å². The van der Waals surface area contributed by atoms with E-state index in [1.165, 1.54) is 22.5 Å². The number of sulfonamides is 1. The zero-order valence-electron chi connectivity index (χ0n) is 28.2. The molecule has 1 aromatic heterocycles. The molecule has 0 radical (unpaired) electrons. The van der Waals surface area contributed by atoms with Crippen LogP contribution in [0.25, 0.3) is 11.4 Å². The maximum Gasteiger partial charge on any atom is 0.305 e. The van der Waals surface area contributed by atoms with E-state index < -0.39 is 44.4 Å². The van der Waals surface area contributed by atoms with Crippen molar-refractivity contribution in [2.24, 2.45) is 5.92 Å². The van der Waals surface area contributed by atoms with Crippen molar-refractivity contribution >= 4 is 27.4 Å². The molecule has 276 valence electrons. The van der Waals surface area contributed by atoms with Crippen molar-refractivity contribution < 1.29 is 42.5 Å². The smallest absolute Gasteiger partial charge is 0.305 e. The van der Waals surface area contributed by atoms with Crippen molar-refractivity contribution in [2.45, 2.75) is 76.2 Å². The normalized spacial score (nSPS) is 13.9. The highest BCUT2D eigenvalue weighted by Crippen LogP contribution is 2.34. The molecule has 1 aliphatic heterocycles. The summed E-state index contributed by atoms with van der Waals surface area (Å²) in [5.74, 6) is 0.000780. The van der Waals surface area contributed by atoms with Gasteiger partial charge in [0.15, 0.2) is 0 Å². The molecule has 19 nitrogen and oxygen atoms in total. The molecule has 0 spiro atoms. The fourth-order valence-electron chi connectivity index (χ4n) is 5.31. The summed E-state index contributed by atoms with van der Waals surface area (Å²) in [6.07, 6.45) is 1.85. The van der Waals surface area contributed by atoms with Crippen LogP contribution in [0.2, 0.25) is 0 Å². The number of unbranched alkanes of at least 4 members (excludes halogenated alkanes) is 1. The Morgan fingerprint density at radius 2 is 1.90 bits per heavy atom. The van der Waals surface area contributed by atoms with E-state index in [1.54, 1.807) is 14.0 Å². The van der Waals surface area contributed by atoms with Crippen molar-refractivity contribution in [2.75, 3.05) is 45.3 Å². The van der Waals surface area contributed by atoms with Gasteiger partial charge in [0.2, 0.25) is 10.0 Å². The van der Waals surface area contributed by atoms with Gasteiger partial charge in [0.1, 0.15) is 35.7 Å². The molecular formula is C30H43N7O12S. The van der Waals surface area contributed by atoms with Gasteiger partial charge < -0.3 is 34.9 Å². The Kier molecular flexibility index (Phi) is 14.9. The average Bonchev–Trinajstić information content (AvgIpc) is 3.04. The lowest BCUT2D eigenvalue weighted by Gasteiger charge is -2.38. The van der Waals surface area contributed by atoms with E-state index in [4.69, 9.17) is 14.9 Å². The second kappa shape index (κ2) is 18.8. The first-order valence-electron chi connectivity index (χ1n) is 16.2. The molecule has 3 rings (SSSR count). The third-order valence-corrected chi connectivity index (χ3v) is 9.63. The predicted molar refractivity (Wildman–Crippen MR) is 178 cm³/mol. The molecule has 50 heavy (non-hydrogen) atoms. The fraction of sp³-hybridized carbons (Fsp3) is 0.600. The fourth-order valence-corrected chi connectivity index (χ4v) is 6.93. The van der Waals surface area contributed by atoms with E-state index in [0.29, 0.717) is 44.3 Å². The van der Waals surface area contributed by atoms with Crippen LogP contribution in [-0.2, 0) is 29.2 Å². The Labute approximate surface area is 288 Å². The van der Waals surface area contributed by atoms with Crippen molar-refractivity contribution in [3.05, 3.63) is 54.5 Å². The van der Waals surface area contributed by atoms with Crippen LogP contribution in [-0.4, -0.2) is 90.6 Å². The van der Waals surface area contributed by atoms with Gasteiger partial charge in [-0.15, -0.1) is 20.2 Å². The van der Waals surface area contributed by atoms with Gasteiger partial charge in [0.05, 0.1) is 29.4 Å². The number of hydrogen-bond acceptors (Lipinski definition) is 15. The summed E-state index contributed by atoms with van der Waals surface area (Å²) < 4.78 is 39.4. The average molecular weight is 726 g/mol. The molecule has 1 aliphatic rings. The van der Waals surface area contributed by atoms with Gasteiger partial charge in [-0.1, -0.05) is 19.8 Å². The van der Waals surface area contributed by atoms with Crippen LogP contribution in [0.5, 0.6) is 5.75 Å². The molecule has 1 fully saturated rings. The Balaban J connectivity index is 1.53. The number of carbonyl (C=O) groups is 1. The summed E-state index contributed by atoms with van der Waals surface area (Å²) in [6, 6.07) is 4.37. The van der Waals surface area contributed by atoms with Gasteiger partial charge in [-0.25, -0.2) is 13.4 Å². The summed E-state index contributed by atoms with van der Waals surface area (Å²) in [5, 5.41) is 29.9. The van der Waals surface area contributed by atoms with E-state index in [2.05, 4.69) is 25.0 Å². The number of aromatic amines is 1. The van der Waals surface area contributed by atoms with Crippen LogP contribution in [0.1, 0.15) is 70.9 Å². The van der Waals surface area contributed by atoms with E-state index in [0.717, 1.165) is 0 Å². The Hall–Kier alpha value is -4.85. The number of esters is 1. The van der Waals surface area contributed by atoms with Crippen LogP contribution in [0.3, 0.4) is 0 Å². The zero-order valence-corrected chi connectivity index (χ0v) is 29.0. The zero-order chi connectivity index (χ0) is 36.8. The molecule has 1 aromatic carbocycles. The highest BCUT2D eigenvalue weighted by molar-refractivity contribution is 7.89. The lowest BCUT2D eigenvalue weighted by atomic mass is 9.98. The third-order valence-electron chi connectivity index (χ3n) is 7.80. The molecule has 2 aromatic rings. The molecular weight excluding hydrogens is 682 g/mol. The third kappa shape index (κ3) is 11.1. The van der Waals surface area contributed by atoms with Crippen LogP contribution in [0.15, 0.2) is 27.9 Å². The SMILES string of the molecule is CCCC(=N)c1nc(-c2cc(S(=O)(=O)N3CC(CCCOC(=O)CCCCC(CO[N+](=O)[O-])O[N+](=O)[O-])C3)ccc2OCC)[nH]c(=O)c1NC. The Morgan fingerprint density at radius 1 is 1.16 bits per heavy atom. The minimum Gasteiger partial charge on any atom is -0.493 e. The van der Waals surface area contributed by atoms with E-state index in [1.807, 2.05) is 6.92 Å². The highest BCUT2D eigenvalue weighted by Gasteiger charge is 2.37. The number of aromatic nitrogens is 2. The van der Waals surface area contributed by atoms with Gasteiger partial charge in [-0.2, -0.15) is 4.31 Å². The quantitative estimate of drug-likeness (QED) is 0.0488. The second-order valence-electron chi connectivity index (χ2n) is 11.5. The van der Waals surface area contributed by atoms with E-state index in [-0.39, 0.29) is 78.4 Å². The maximum atomic E-state index is 13.5. The number of ether oxygens (including phenoxy) is 2. The highest BCUT2D eigenvalue weighted by atomic mass is 32.2. The number of carbonyl (C=O) groups excluding carboxylic acids is 1. The molecule has 0 aliphatic carbocycles. The number of nitrogens with zero attached hydrogens (tertiary/aromatic N) is 4. The van der Waals surface area contributed by atoms with Gasteiger partial charge in [-0.05, 0) is 63.1 Å². The molecule has 1 saturated heterocycles. The van der Waals surface area contributed by atoms with Gasteiger partial charge in [-0.3, -0.25) is 9.59 Å². The molecule has 1 unspecified atom stereocenters. The summed E-state index contributed by atoms with van der Waals surface area (Å²) >= 11 is 0. The molecule has 3 N–H and O–H groups in total. The lowest BCUT2D eigenvalue weighted by molar-refractivity contribution is -0.790. The largest absolute Gasteiger partial charge is 0.493 e. The Bertz CT molecular complexity index is 1680. The summed E-state index contributed by atoms with van der Waals surface area (Å²) in [4.78, 5) is 61.5. The maximum absolute atomic E-state index is 13.5. The molecule has 1 atom stereocenters. The van der Waals surface area contributed by atoms with E-state index in [9.17, 15) is 38.2 Å². The summed E-state index contributed by atoms with van der Waals surface area (Å²) in [6.45, 7) is 4.06. The van der Waals surface area contributed by atoms with Crippen LogP contribution < -0.4 is 15.6 Å². The number of nitrogens with one attached hydrogen (secondary N) is 3. The molecule has 0 saturated carbocycles. The number of hydrogen-bond donors (Lipinski definition) is 3. The second-order valence-corrected chi connectivity index (χ2v) is 13.4. The Morgan fingerprint density at radius 3 is 2.54 bits per heavy atom. The summed E-state index contributed by atoms with van der Waals surface area (Å²) in [7, 11) is -2.34. The first kappa shape index (κ1) is 39.6. The minimum absolute atomic E-state index is 0.00423. The number of H-pyrrole nitrogens is 1.